The summed E-state index contributed by atoms with van der Waals surface area (Å²) >= 11 is 6.20. The second-order valence-electron chi connectivity index (χ2n) is 11.3. The number of halogens is 1. The second-order valence-corrected chi connectivity index (χ2v) is 11.7. The van der Waals surface area contributed by atoms with Crippen LogP contribution in [0.2, 0.25) is 5.02 Å². The summed E-state index contributed by atoms with van der Waals surface area (Å²) in [4.78, 5) is 41.8. The monoisotopic (exact) mass is 620 g/mol. The predicted molar refractivity (Wildman–Crippen MR) is 170 cm³/mol. The highest BCUT2D eigenvalue weighted by Crippen LogP contribution is 2.20. The quantitative estimate of drug-likeness (QED) is 0.340. The number of likely N-dealkylation sites (N-methyl/N-ethyl adjacent to an activating group) is 1. The third kappa shape index (κ3) is 9.54. The number of benzene rings is 3. The minimum Gasteiger partial charge on any atom is -0.491 e. The van der Waals surface area contributed by atoms with Crippen molar-refractivity contribution >= 4 is 29.3 Å². The fourth-order valence-electron chi connectivity index (χ4n) is 4.93. The van der Waals surface area contributed by atoms with E-state index in [0.717, 1.165) is 16.7 Å². The molecule has 2 bridgehead atoms. The van der Waals surface area contributed by atoms with E-state index in [1.807, 2.05) is 80.4 Å². The lowest BCUT2D eigenvalue weighted by Gasteiger charge is -2.29. The topological polar surface area (TPSA) is 109 Å². The molecular formula is C34H41ClN4O5. The van der Waals surface area contributed by atoms with E-state index in [0.29, 0.717) is 42.6 Å². The highest BCUT2D eigenvalue weighted by atomic mass is 35.5. The number of ether oxygens (including phenoxy) is 2. The molecule has 9 nitrogen and oxygen atoms in total. The van der Waals surface area contributed by atoms with E-state index in [-0.39, 0.29) is 49.3 Å². The summed E-state index contributed by atoms with van der Waals surface area (Å²) in [5.74, 6) is -0.291. The molecule has 0 spiro atoms. The second kappa shape index (κ2) is 16.2. The largest absolute Gasteiger partial charge is 0.491 e. The van der Waals surface area contributed by atoms with Gasteiger partial charge < -0.3 is 25.4 Å². The Morgan fingerprint density at radius 3 is 2.61 bits per heavy atom. The van der Waals surface area contributed by atoms with Crippen LogP contribution in [0, 0.1) is 5.92 Å². The minimum atomic E-state index is -0.730. The number of hydrogen-bond acceptors (Lipinski definition) is 6. The Kier molecular flexibility index (Phi) is 12.2. The van der Waals surface area contributed by atoms with Gasteiger partial charge in [0.1, 0.15) is 12.4 Å². The SMILES string of the molecule is CC(C)[C@H]1COc2ccccc2C(=O)NCc2cccc(c2)CN(C)[C@H](C(=O)NCCOCc2ccccc2Cl)CC(=O)N1. The van der Waals surface area contributed by atoms with Gasteiger partial charge in [0, 0.05) is 24.7 Å². The van der Waals surface area contributed by atoms with Crippen molar-refractivity contribution in [1.29, 1.82) is 0 Å². The molecule has 1 aliphatic heterocycles. The fraction of sp³-hybridized carbons (Fsp3) is 0.382. The molecule has 0 saturated heterocycles. The number of nitrogens with zero attached hydrogens (tertiary/aromatic N) is 1. The van der Waals surface area contributed by atoms with E-state index < -0.39 is 6.04 Å². The molecule has 3 aromatic rings. The van der Waals surface area contributed by atoms with E-state index in [1.165, 1.54) is 0 Å². The standard InChI is InChI=1S/C34H41ClN4O5/c1-23(2)29-22-44-31-14-7-5-12-27(31)33(41)37-19-24-9-8-10-25(17-24)20-39(3)30(18-32(40)38-29)34(42)36-15-16-43-21-26-11-4-6-13-28(26)35/h4-14,17,23,29-30H,15-16,18-22H2,1-3H3,(H,36,42)(H,37,41)(H,38,40)/t29-,30+/m1/s1. The third-order valence-corrected chi connectivity index (χ3v) is 7.92. The van der Waals surface area contributed by atoms with E-state index in [1.54, 1.807) is 18.2 Å². The van der Waals surface area contributed by atoms with Crippen LogP contribution in [-0.2, 0) is 34.0 Å². The van der Waals surface area contributed by atoms with Crippen molar-refractivity contribution in [3.63, 3.8) is 0 Å². The molecule has 0 aliphatic carbocycles. The summed E-state index contributed by atoms with van der Waals surface area (Å²) in [6.07, 6.45) is -0.0393. The lowest BCUT2D eigenvalue weighted by atomic mass is 10.0. The maximum absolute atomic E-state index is 13.5. The highest BCUT2D eigenvalue weighted by molar-refractivity contribution is 6.31. The van der Waals surface area contributed by atoms with Gasteiger partial charge in [0.05, 0.1) is 37.3 Å². The first kappa shape index (κ1) is 33.0. The first-order valence-electron chi connectivity index (χ1n) is 14.9. The van der Waals surface area contributed by atoms with E-state index in [2.05, 4.69) is 16.0 Å². The van der Waals surface area contributed by atoms with Crippen LogP contribution in [0.4, 0.5) is 0 Å². The molecule has 0 saturated carbocycles. The number of rotatable bonds is 7. The highest BCUT2D eigenvalue weighted by Gasteiger charge is 2.28. The van der Waals surface area contributed by atoms with Crippen molar-refractivity contribution in [2.75, 3.05) is 26.8 Å². The molecule has 1 aliphatic rings. The maximum atomic E-state index is 13.5. The molecule has 3 amide bonds. The number of fused-ring (bicyclic) bond motifs is 3. The third-order valence-electron chi connectivity index (χ3n) is 7.55. The number of hydrogen-bond donors (Lipinski definition) is 3. The maximum Gasteiger partial charge on any atom is 0.255 e. The van der Waals surface area contributed by atoms with Gasteiger partial charge in [0.25, 0.3) is 5.91 Å². The van der Waals surface area contributed by atoms with Gasteiger partial charge in [-0.05, 0) is 47.9 Å². The molecule has 234 valence electrons. The first-order chi connectivity index (χ1) is 21.2. The van der Waals surface area contributed by atoms with Crippen LogP contribution >= 0.6 is 11.6 Å². The Hall–Kier alpha value is -3.92. The van der Waals surface area contributed by atoms with Gasteiger partial charge >= 0.3 is 0 Å². The lowest BCUT2D eigenvalue weighted by Crippen LogP contribution is -2.50. The zero-order valence-corrected chi connectivity index (χ0v) is 26.2. The summed E-state index contributed by atoms with van der Waals surface area (Å²) in [5, 5.41) is 9.60. The predicted octanol–water partition coefficient (Wildman–Crippen LogP) is 4.33. The average Bonchev–Trinajstić information content (AvgIpc) is 3.01. The summed E-state index contributed by atoms with van der Waals surface area (Å²) in [5.41, 5.74) is 3.17. The summed E-state index contributed by atoms with van der Waals surface area (Å²) in [6.45, 7) is 5.81. The zero-order valence-electron chi connectivity index (χ0n) is 25.5. The van der Waals surface area contributed by atoms with Crippen molar-refractivity contribution in [3.8, 4) is 5.75 Å². The molecule has 0 aromatic heterocycles. The van der Waals surface area contributed by atoms with Crippen LogP contribution < -0.4 is 20.7 Å². The molecule has 4 rings (SSSR count). The van der Waals surface area contributed by atoms with Gasteiger partial charge in [0.2, 0.25) is 11.8 Å². The average molecular weight is 621 g/mol. The van der Waals surface area contributed by atoms with Crippen molar-refractivity contribution < 1.29 is 23.9 Å². The first-order valence-corrected chi connectivity index (χ1v) is 15.3. The van der Waals surface area contributed by atoms with Gasteiger partial charge in [0.15, 0.2) is 0 Å². The van der Waals surface area contributed by atoms with Gasteiger partial charge in [-0.2, -0.15) is 0 Å². The van der Waals surface area contributed by atoms with Gasteiger partial charge in [-0.15, -0.1) is 0 Å². The van der Waals surface area contributed by atoms with Crippen LogP contribution in [0.3, 0.4) is 0 Å². The van der Waals surface area contributed by atoms with Gasteiger partial charge in [-0.1, -0.05) is 80.0 Å². The Morgan fingerprint density at radius 1 is 1.07 bits per heavy atom. The normalized spacial score (nSPS) is 18.4. The lowest BCUT2D eigenvalue weighted by molar-refractivity contribution is -0.132. The number of carbonyl (C=O) groups is 3. The Bertz CT molecular complexity index is 1430. The minimum absolute atomic E-state index is 0.0393. The number of nitrogens with one attached hydrogen (secondary N) is 3. The van der Waals surface area contributed by atoms with Crippen LogP contribution in [0.15, 0.2) is 72.8 Å². The molecule has 3 aromatic carbocycles. The van der Waals surface area contributed by atoms with Crippen molar-refractivity contribution in [2.24, 2.45) is 5.92 Å². The Labute approximate surface area is 264 Å². The number of para-hydroxylation sites is 1. The van der Waals surface area contributed by atoms with E-state index in [9.17, 15) is 14.4 Å². The van der Waals surface area contributed by atoms with Crippen molar-refractivity contribution in [3.05, 3.63) is 100 Å². The van der Waals surface area contributed by atoms with Crippen LogP contribution in [-0.4, -0.2) is 61.5 Å². The summed E-state index contributed by atoms with van der Waals surface area (Å²) in [6, 6.07) is 21.3. The molecule has 3 N–H and O–H groups in total. The smallest absolute Gasteiger partial charge is 0.255 e. The molecule has 1 heterocycles. The van der Waals surface area contributed by atoms with Crippen molar-refractivity contribution in [2.45, 2.75) is 52.0 Å². The fourth-order valence-corrected chi connectivity index (χ4v) is 5.12. The van der Waals surface area contributed by atoms with Gasteiger partial charge in [-0.3, -0.25) is 19.3 Å². The molecular weight excluding hydrogens is 580 g/mol. The van der Waals surface area contributed by atoms with Crippen LogP contribution in [0.25, 0.3) is 0 Å². The Balaban J connectivity index is 1.49. The number of carbonyl (C=O) groups excluding carboxylic acids is 3. The van der Waals surface area contributed by atoms with Gasteiger partial charge in [-0.25, -0.2) is 0 Å². The Morgan fingerprint density at radius 2 is 1.82 bits per heavy atom. The van der Waals surface area contributed by atoms with E-state index >= 15 is 0 Å². The molecule has 44 heavy (non-hydrogen) atoms. The summed E-state index contributed by atoms with van der Waals surface area (Å²) in [7, 11) is 1.83. The summed E-state index contributed by atoms with van der Waals surface area (Å²) < 4.78 is 11.8. The van der Waals surface area contributed by atoms with E-state index in [4.69, 9.17) is 21.1 Å². The molecule has 0 fully saturated rings. The van der Waals surface area contributed by atoms with Crippen LogP contribution in [0.5, 0.6) is 5.75 Å². The molecule has 10 heteroatoms. The van der Waals surface area contributed by atoms with Crippen LogP contribution in [0.1, 0.15) is 47.3 Å². The number of amides is 3. The molecule has 2 atom stereocenters. The zero-order chi connectivity index (χ0) is 31.5. The molecule has 0 radical (unpaired) electrons. The van der Waals surface area contributed by atoms with Crippen molar-refractivity contribution in [1.82, 2.24) is 20.9 Å². The molecule has 0 unspecified atom stereocenters.